The Labute approximate surface area is 110 Å². The van der Waals surface area contributed by atoms with Crippen molar-refractivity contribution in [2.45, 2.75) is 31.8 Å². The van der Waals surface area contributed by atoms with E-state index in [1.165, 1.54) is 4.90 Å². The Balaban J connectivity index is 1.98. The lowest BCUT2D eigenvalue weighted by Gasteiger charge is -2.23. The normalized spacial score (nSPS) is 15.9. The number of aryl methyl sites for hydroxylation is 1. The topological polar surface area (TPSA) is 100 Å². The Morgan fingerprint density at radius 3 is 2.79 bits per heavy atom. The molecule has 1 fully saturated rings. The number of carbonyl (C=O) groups excluding carboxylic acids is 1. The first-order chi connectivity index (χ1) is 8.99. The molecular weight excluding hydrogens is 250 g/mol. The smallest absolute Gasteiger partial charge is 0.323 e. The van der Waals surface area contributed by atoms with Crippen molar-refractivity contribution < 1.29 is 14.7 Å². The maximum absolute atomic E-state index is 12.1. The molecule has 0 aromatic carbocycles. The highest BCUT2D eigenvalue weighted by Crippen LogP contribution is 2.27. The molecule has 2 amide bonds. The van der Waals surface area contributed by atoms with Crippen LogP contribution in [0.25, 0.3) is 0 Å². The van der Waals surface area contributed by atoms with Crippen molar-refractivity contribution in [3.8, 4) is 0 Å². The molecule has 104 valence electrons. The van der Waals surface area contributed by atoms with Crippen molar-refractivity contribution in [1.82, 2.24) is 25.0 Å². The summed E-state index contributed by atoms with van der Waals surface area (Å²) in [5, 5.41) is 19.2. The van der Waals surface area contributed by atoms with Gasteiger partial charge in [-0.1, -0.05) is 0 Å². The Kier molecular flexibility index (Phi) is 3.68. The molecule has 8 nitrogen and oxygen atoms in total. The number of carboxylic acids is 1. The fourth-order valence-corrected chi connectivity index (χ4v) is 1.92. The third kappa shape index (κ3) is 3.21. The Morgan fingerprint density at radius 1 is 1.63 bits per heavy atom. The zero-order valence-electron chi connectivity index (χ0n) is 10.9. The molecule has 1 saturated carbocycles. The molecule has 1 heterocycles. The average Bonchev–Trinajstić information content (AvgIpc) is 3.07. The minimum atomic E-state index is -1.01. The molecular formula is C11H17N5O3. The number of nitrogens with zero attached hydrogens (tertiary/aromatic N) is 4. The fraction of sp³-hybridized carbons (Fsp3) is 0.636. The predicted octanol–water partition coefficient (Wildman–Crippen LogP) is 0.135. The number of carbonyl (C=O) groups is 2. The zero-order valence-corrected chi connectivity index (χ0v) is 10.9. The van der Waals surface area contributed by atoms with Crippen LogP contribution in [-0.2, 0) is 11.8 Å². The van der Waals surface area contributed by atoms with Gasteiger partial charge >= 0.3 is 12.0 Å². The van der Waals surface area contributed by atoms with Gasteiger partial charge in [-0.3, -0.25) is 4.79 Å². The van der Waals surface area contributed by atoms with Gasteiger partial charge in [-0.05, 0) is 19.8 Å². The van der Waals surface area contributed by atoms with Gasteiger partial charge in [0, 0.05) is 13.1 Å². The molecule has 2 rings (SSSR count). The second-order valence-corrected chi connectivity index (χ2v) is 4.72. The maximum Gasteiger partial charge on any atom is 0.323 e. The number of carboxylic acid groups (broad SMARTS) is 1. The number of amides is 2. The van der Waals surface area contributed by atoms with Crippen LogP contribution >= 0.6 is 0 Å². The van der Waals surface area contributed by atoms with E-state index in [1.807, 2.05) is 0 Å². The van der Waals surface area contributed by atoms with Crippen LogP contribution in [0.1, 0.15) is 31.6 Å². The van der Waals surface area contributed by atoms with Crippen LogP contribution in [0.4, 0.5) is 4.79 Å². The van der Waals surface area contributed by atoms with Crippen molar-refractivity contribution in [3.63, 3.8) is 0 Å². The van der Waals surface area contributed by atoms with Crippen LogP contribution in [0, 0.1) is 0 Å². The lowest BCUT2D eigenvalue weighted by molar-refractivity contribution is -0.137. The first kappa shape index (κ1) is 13.3. The number of hydrogen-bond donors (Lipinski definition) is 2. The second kappa shape index (κ2) is 5.25. The van der Waals surface area contributed by atoms with Gasteiger partial charge in [0.25, 0.3) is 0 Å². The quantitative estimate of drug-likeness (QED) is 0.790. The molecule has 2 N–H and O–H groups in total. The van der Waals surface area contributed by atoms with Gasteiger partial charge in [0.2, 0.25) is 0 Å². The number of nitrogens with one attached hydrogen (secondary N) is 1. The van der Waals surface area contributed by atoms with E-state index >= 15 is 0 Å². The van der Waals surface area contributed by atoms with Gasteiger partial charge < -0.3 is 19.9 Å². The average molecular weight is 267 g/mol. The van der Waals surface area contributed by atoms with Crippen LogP contribution in [0.2, 0.25) is 0 Å². The number of urea groups is 1. The summed E-state index contributed by atoms with van der Waals surface area (Å²) >= 11 is 0. The minimum absolute atomic E-state index is 0.0443. The van der Waals surface area contributed by atoms with E-state index in [4.69, 9.17) is 5.11 Å². The van der Waals surface area contributed by atoms with Crippen molar-refractivity contribution in [2.75, 3.05) is 6.54 Å². The van der Waals surface area contributed by atoms with E-state index in [1.54, 1.807) is 24.9 Å². The van der Waals surface area contributed by atoms with Gasteiger partial charge in [-0.25, -0.2) is 4.79 Å². The number of rotatable bonds is 5. The molecule has 0 spiro atoms. The summed E-state index contributed by atoms with van der Waals surface area (Å²) < 4.78 is 1.71. The summed E-state index contributed by atoms with van der Waals surface area (Å²) in [6, 6.07) is -0.654. The van der Waals surface area contributed by atoms with Crippen molar-refractivity contribution in [1.29, 1.82) is 0 Å². The van der Waals surface area contributed by atoms with Gasteiger partial charge in [0.1, 0.15) is 12.9 Å². The van der Waals surface area contributed by atoms with E-state index in [-0.39, 0.29) is 24.7 Å². The van der Waals surface area contributed by atoms with Crippen LogP contribution in [-0.4, -0.2) is 49.4 Å². The van der Waals surface area contributed by atoms with Crippen LogP contribution < -0.4 is 5.32 Å². The monoisotopic (exact) mass is 267 g/mol. The lowest BCUT2D eigenvalue weighted by Crippen LogP contribution is -2.45. The fourth-order valence-electron chi connectivity index (χ4n) is 1.92. The van der Waals surface area contributed by atoms with Crippen LogP contribution in [0.3, 0.4) is 0 Å². The molecule has 0 radical (unpaired) electrons. The summed E-state index contributed by atoms with van der Waals surface area (Å²) in [5.41, 5.74) is 0. The molecule has 1 aromatic rings. The van der Waals surface area contributed by atoms with Crippen molar-refractivity contribution >= 4 is 12.0 Å². The molecule has 1 atom stereocenters. The summed E-state index contributed by atoms with van der Waals surface area (Å²) in [4.78, 5) is 24.2. The Bertz CT molecular complexity index is 482. The zero-order chi connectivity index (χ0) is 14.0. The molecule has 8 heteroatoms. The SMILES string of the molecule is CC(NC(=O)N(CC(=O)O)C1CC1)c1nncn1C. The molecule has 19 heavy (non-hydrogen) atoms. The highest BCUT2D eigenvalue weighted by Gasteiger charge is 2.34. The number of aliphatic carboxylic acids is 1. The number of aromatic nitrogens is 3. The maximum atomic E-state index is 12.1. The Hall–Kier alpha value is -2.12. The predicted molar refractivity (Wildman–Crippen MR) is 65.3 cm³/mol. The highest BCUT2D eigenvalue weighted by atomic mass is 16.4. The number of hydrogen-bond acceptors (Lipinski definition) is 4. The first-order valence-corrected chi connectivity index (χ1v) is 6.12. The molecule has 0 bridgehead atoms. The summed E-state index contributed by atoms with van der Waals surface area (Å²) in [7, 11) is 1.79. The van der Waals surface area contributed by atoms with Crippen molar-refractivity contribution in [2.24, 2.45) is 7.05 Å². The molecule has 0 saturated heterocycles. The standard InChI is InChI=1S/C11H17N5O3/c1-7(10-14-12-6-15(10)2)13-11(19)16(5-9(17)18)8-3-4-8/h6-8H,3-5H2,1-2H3,(H,13,19)(H,17,18). The Morgan fingerprint density at radius 2 is 2.32 bits per heavy atom. The van der Waals surface area contributed by atoms with Crippen LogP contribution in [0.5, 0.6) is 0 Å². The third-order valence-corrected chi connectivity index (χ3v) is 3.03. The molecule has 1 aromatic heterocycles. The summed E-state index contributed by atoms with van der Waals surface area (Å²) in [6.07, 6.45) is 3.27. The van der Waals surface area contributed by atoms with E-state index in [2.05, 4.69) is 15.5 Å². The highest BCUT2D eigenvalue weighted by molar-refractivity contribution is 5.80. The van der Waals surface area contributed by atoms with E-state index in [0.29, 0.717) is 5.82 Å². The van der Waals surface area contributed by atoms with Gasteiger partial charge in [0.05, 0.1) is 6.04 Å². The second-order valence-electron chi connectivity index (χ2n) is 4.72. The van der Waals surface area contributed by atoms with E-state index in [0.717, 1.165) is 12.8 Å². The van der Waals surface area contributed by atoms with E-state index in [9.17, 15) is 9.59 Å². The van der Waals surface area contributed by atoms with E-state index < -0.39 is 5.97 Å². The van der Waals surface area contributed by atoms with Gasteiger partial charge in [-0.15, -0.1) is 10.2 Å². The van der Waals surface area contributed by atoms with Crippen molar-refractivity contribution in [3.05, 3.63) is 12.2 Å². The largest absolute Gasteiger partial charge is 0.480 e. The summed E-state index contributed by atoms with van der Waals surface area (Å²) in [5.74, 6) is -0.382. The third-order valence-electron chi connectivity index (χ3n) is 3.03. The van der Waals surface area contributed by atoms with Gasteiger partial charge in [-0.2, -0.15) is 0 Å². The first-order valence-electron chi connectivity index (χ1n) is 6.12. The molecule has 1 aliphatic rings. The lowest BCUT2D eigenvalue weighted by atomic mass is 10.3. The molecule has 0 aliphatic heterocycles. The summed E-state index contributed by atoms with van der Waals surface area (Å²) in [6.45, 7) is 1.51. The minimum Gasteiger partial charge on any atom is -0.480 e. The van der Waals surface area contributed by atoms with Crippen LogP contribution in [0.15, 0.2) is 6.33 Å². The molecule has 1 aliphatic carbocycles. The molecule has 1 unspecified atom stereocenters. The van der Waals surface area contributed by atoms with Gasteiger partial charge in [0.15, 0.2) is 5.82 Å².